The summed E-state index contributed by atoms with van der Waals surface area (Å²) in [6, 6.07) is 5.54. The zero-order chi connectivity index (χ0) is 12.3. The second-order valence-electron chi connectivity index (χ2n) is 2.98. The lowest BCUT2D eigenvalue weighted by Gasteiger charge is -2.15. The van der Waals surface area contributed by atoms with Crippen molar-refractivity contribution in [1.82, 2.24) is 5.01 Å². The van der Waals surface area contributed by atoms with Gasteiger partial charge in [-0.25, -0.2) is 10.9 Å². The van der Waals surface area contributed by atoms with E-state index in [1.165, 1.54) is 0 Å². The average molecular weight is 367 g/mol. The van der Waals surface area contributed by atoms with Crippen molar-refractivity contribution in [2.24, 2.45) is 11.6 Å². The smallest absolute Gasteiger partial charge is 0.247 e. The van der Waals surface area contributed by atoms with Gasteiger partial charge in [-0.3, -0.25) is 4.79 Å². The number of amides is 1. The molecular weight excluding hydrogens is 358 g/mol. The standard InChI is InChI=1S/C9H9Br2N3OS/c10-6-2-1-3-7(11)5(6)4-8(15)14(13)9(12)16/h1-3H,4,13H2,(H2,12,16). The third-order valence-corrected chi connectivity index (χ3v) is 3.58. The highest BCUT2D eigenvalue weighted by molar-refractivity contribution is 9.11. The Labute approximate surface area is 115 Å². The van der Waals surface area contributed by atoms with Crippen molar-refractivity contribution >= 4 is 55.1 Å². The Morgan fingerprint density at radius 3 is 2.31 bits per heavy atom. The Hall–Kier alpha value is -0.500. The molecule has 0 fully saturated rings. The van der Waals surface area contributed by atoms with Crippen molar-refractivity contribution in [3.8, 4) is 0 Å². The van der Waals surface area contributed by atoms with Crippen molar-refractivity contribution in [3.05, 3.63) is 32.7 Å². The van der Waals surface area contributed by atoms with Crippen LogP contribution in [0.2, 0.25) is 0 Å². The van der Waals surface area contributed by atoms with Gasteiger partial charge in [0.05, 0.1) is 6.42 Å². The maximum atomic E-state index is 11.7. The number of rotatable bonds is 2. The first-order chi connectivity index (χ1) is 7.43. The number of nitrogens with two attached hydrogens (primary N) is 2. The largest absolute Gasteiger partial charge is 0.375 e. The Morgan fingerprint density at radius 2 is 1.88 bits per heavy atom. The molecule has 0 spiro atoms. The van der Waals surface area contributed by atoms with Crippen molar-refractivity contribution in [2.45, 2.75) is 6.42 Å². The summed E-state index contributed by atoms with van der Waals surface area (Å²) in [4.78, 5) is 11.7. The van der Waals surface area contributed by atoms with E-state index in [2.05, 4.69) is 44.1 Å². The molecule has 0 saturated carbocycles. The molecule has 0 unspecified atom stereocenters. The zero-order valence-corrected chi connectivity index (χ0v) is 12.1. The Balaban J connectivity index is 2.89. The minimum Gasteiger partial charge on any atom is -0.375 e. The summed E-state index contributed by atoms with van der Waals surface area (Å²) in [5, 5.41) is 0.620. The molecular formula is C9H9Br2N3OS. The third-order valence-electron chi connectivity index (χ3n) is 1.90. The van der Waals surface area contributed by atoms with E-state index in [9.17, 15) is 4.79 Å². The summed E-state index contributed by atoms with van der Waals surface area (Å²) < 4.78 is 1.65. The molecule has 1 rings (SSSR count). The molecule has 0 heterocycles. The predicted molar refractivity (Wildman–Crippen MR) is 73.4 cm³/mol. The van der Waals surface area contributed by atoms with Crippen LogP contribution in [0.5, 0.6) is 0 Å². The van der Waals surface area contributed by atoms with E-state index in [-0.39, 0.29) is 17.4 Å². The lowest BCUT2D eigenvalue weighted by molar-refractivity contribution is -0.126. The molecule has 0 bridgehead atoms. The number of hydrogen-bond donors (Lipinski definition) is 2. The van der Waals surface area contributed by atoms with Gasteiger partial charge in [0.1, 0.15) is 0 Å². The Bertz CT molecular complexity index is 419. The topological polar surface area (TPSA) is 72.3 Å². The molecule has 1 amide bonds. The van der Waals surface area contributed by atoms with Crippen LogP contribution in [0, 0.1) is 0 Å². The van der Waals surface area contributed by atoms with Crippen molar-refractivity contribution < 1.29 is 4.79 Å². The first kappa shape index (κ1) is 13.6. The Kier molecular flexibility index (Phi) is 4.85. The van der Waals surface area contributed by atoms with Gasteiger partial charge in [0, 0.05) is 8.95 Å². The summed E-state index contributed by atoms with van der Waals surface area (Å²) in [6.45, 7) is 0. The lowest BCUT2D eigenvalue weighted by atomic mass is 10.1. The quantitative estimate of drug-likeness (QED) is 0.361. The summed E-state index contributed by atoms with van der Waals surface area (Å²) in [6.07, 6.45) is 0.121. The maximum Gasteiger partial charge on any atom is 0.247 e. The molecule has 0 saturated heterocycles. The van der Waals surface area contributed by atoms with Crippen molar-refractivity contribution in [3.63, 3.8) is 0 Å². The molecule has 7 heteroatoms. The zero-order valence-electron chi connectivity index (χ0n) is 8.11. The fourth-order valence-electron chi connectivity index (χ4n) is 1.06. The number of benzene rings is 1. The third kappa shape index (κ3) is 3.24. The van der Waals surface area contributed by atoms with Crippen LogP contribution in [0.25, 0.3) is 0 Å². The molecule has 16 heavy (non-hydrogen) atoms. The normalized spacial score (nSPS) is 9.94. The molecule has 0 radical (unpaired) electrons. The first-order valence-electron chi connectivity index (χ1n) is 4.23. The van der Waals surface area contributed by atoms with Gasteiger partial charge in [-0.15, -0.1) is 0 Å². The monoisotopic (exact) mass is 365 g/mol. The van der Waals surface area contributed by atoms with Crippen LogP contribution < -0.4 is 11.6 Å². The second kappa shape index (κ2) is 5.72. The lowest BCUT2D eigenvalue weighted by Crippen LogP contribution is -2.46. The molecule has 0 aliphatic carbocycles. The van der Waals surface area contributed by atoms with Crippen LogP contribution >= 0.6 is 44.1 Å². The highest BCUT2D eigenvalue weighted by atomic mass is 79.9. The van der Waals surface area contributed by atoms with Gasteiger partial charge in [-0.05, 0) is 29.9 Å². The van der Waals surface area contributed by atoms with E-state index in [0.717, 1.165) is 19.5 Å². The molecule has 0 atom stereocenters. The predicted octanol–water partition coefficient (Wildman–Crippen LogP) is 1.70. The van der Waals surface area contributed by atoms with E-state index in [4.69, 9.17) is 11.6 Å². The number of hydrogen-bond acceptors (Lipinski definition) is 3. The van der Waals surface area contributed by atoms with Crippen LogP contribution in [0.3, 0.4) is 0 Å². The van der Waals surface area contributed by atoms with Crippen LogP contribution in [-0.2, 0) is 11.2 Å². The van der Waals surface area contributed by atoms with Crippen LogP contribution in [-0.4, -0.2) is 16.0 Å². The van der Waals surface area contributed by atoms with Gasteiger partial charge in [0.15, 0.2) is 5.11 Å². The summed E-state index contributed by atoms with van der Waals surface area (Å²) in [5.74, 6) is 5.03. The Morgan fingerprint density at radius 1 is 1.38 bits per heavy atom. The van der Waals surface area contributed by atoms with E-state index in [1.807, 2.05) is 18.2 Å². The summed E-state index contributed by atoms with van der Waals surface area (Å²) in [5.41, 5.74) is 6.06. The van der Waals surface area contributed by atoms with Gasteiger partial charge >= 0.3 is 0 Å². The fourth-order valence-corrected chi connectivity index (χ4v) is 2.44. The van der Waals surface area contributed by atoms with E-state index in [1.54, 1.807) is 0 Å². The molecule has 0 aromatic heterocycles. The average Bonchev–Trinajstić information content (AvgIpc) is 2.22. The minimum absolute atomic E-state index is 0.121. The molecule has 0 aliphatic heterocycles. The van der Waals surface area contributed by atoms with Crippen molar-refractivity contribution in [2.75, 3.05) is 0 Å². The molecule has 4 nitrogen and oxygen atoms in total. The molecule has 1 aromatic carbocycles. The summed E-state index contributed by atoms with van der Waals surface area (Å²) in [7, 11) is 0. The maximum absolute atomic E-state index is 11.7. The van der Waals surface area contributed by atoms with Gasteiger partial charge in [0.2, 0.25) is 5.91 Å². The number of nitrogens with zero attached hydrogens (tertiary/aromatic N) is 1. The van der Waals surface area contributed by atoms with E-state index in [0.29, 0.717) is 0 Å². The van der Waals surface area contributed by atoms with Gasteiger partial charge < -0.3 is 5.73 Å². The van der Waals surface area contributed by atoms with Crippen LogP contribution in [0.4, 0.5) is 0 Å². The number of halogens is 2. The van der Waals surface area contributed by atoms with Gasteiger partial charge in [-0.2, -0.15) is 0 Å². The SMILES string of the molecule is NC(=S)N(N)C(=O)Cc1c(Br)cccc1Br. The van der Waals surface area contributed by atoms with E-state index >= 15 is 0 Å². The molecule has 0 aliphatic rings. The fraction of sp³-hybridized carbons (Fsp3) is 0.111. The second-order valence-corrected chi connectivity index (χ2v) is 5.11. The van der Waals surface area contributed by atoms with Crippen LogP contribution in [0.1, 0.15) is 5.56 Å². The number of carbonyl (C=O) groups is 1. The molecule has 1 aromatic rings. The summed E-state index contributed by atoms with van der Waals surface area (Å²) >= 11 is 11.3. The highest BCUT2D eigenvalue weighted by Crippen LogP contribution is 2.25. The van der Waals surface area contributed by atoms with Crippen molar-refractivity contribution in [1.29, 1.82) is 0 Å². The van der Waals surface area contributed by atoms with Gasteiger partial charge in [-0.1, -0.05) is 37.9 Å². The van der Waals surface area contributed by atoms with E-state index < -0.39 is 0 Å². The minimum atomic E-state index is -0.361. The van der Waals surface area contributed by atoms with Gasteiger partial charge in [0.25, 0.3) is 0 Å². The molecule has 4 N–H and O–H groups in total. The highest BCUT2D eigenvalue weighted by Gasteiger charge is 2.15. The molecule has 86 valence electrons. The number of thiocarbonyl (C=S) groups is 1. The first-order valence-corrected chi connectivity index (χ1v) is 6.23. The number of carbonyl (C=O) groups excluding carboxylic acids is 1. The van der Waals surface area contributed by atoms with Crippen LogP contribution in [0.15, 0.2) is 27.1 Å². The number of hydrazine groups is 1.